The number of likely N-dealkylation sites (N-methyl/N-ethyl adjacent to an activating group) is 1. The van der Waals surface area contributed by atoms with Crippen LogP contribution in [-0.4, -0.2) is 41.7 Å². The number of ketones is 1. The summed E-state index contributed by atoms with van der Waals surface area (Å²) in [7, 11) is 1.85. The summed E-state index contributed by atoms with van der Waals surface area (Å²) in [6, 6.07) is 16.3. The van der Waals surface area contributed by atoms with E-state index in [0.717, 1.165) is 17.6 Å². The van der Waals surface area contributed by atoms with Gasteiger partial charge in [-0.1, -0.05) is 69.3 Å². The number of halogens is 1. The van der Waals surface area contributed by atoms with Crippen molar-refractivity contribution in [3.63, 3.8) is 0 Å². The Bertz CT molecular complexity index is 1120. The molecule has 36 heavy (non-hydrogen) atoms. The van der Waals surface area contributed by atoms with Gasteiger partial charge in [-0.3, -0.25) is 14.5 Å². The van der Waals surface area contributed by atoms with Crippen LogP contribution in [0.5, 0.6) is 0 Å². The first-order valence-corrected chi connectivity index (χ1v) is 12.6. The highest BCUT2D eigenvalue weighted by Crippen LogP contribution is 2.21. The number of aromatic nitrogens is 1. The average molecular weight is 492 g/mol. The van der Waals surface area contributed by atoms with Gasteiger partial charge in [0.1, 0.15) is 5.82 Å². The first-order valence-electron chi connectivity index (χ1n) is 12.6. The molecule has 1 atom stereocenters. The van der Waals surface area contributed by atoms with Gasteiger partial charge in [0, 0.05) is 31.2 Å². The Morgan fingerprint density at radius 2 is 1.86 bits per heavy atom. The molecule has 0 aliphatic carbocycles. The molecule has 1 fully saturated rings. The van der Waals surface area contributed by atoms with Crippen molar-refractivity contribution in [1.29, 1.82) is 0 Å². The lowest BCUT2D eigenvalue weighted by Crippen LogP contribution is -2.37. The lowest BCUT2D eigenvalue weighted by Gasteiger charge is -2.20. The molecule has 1 saturated heterocycles. The predicted octanol–water partition coefficient (Wildman–Crippen LogP) is 6.05. The highest BCUT2D eigenvalue weighted by atomic mass is 19.1. The van der Waals surface area contributed by atoms with E-state index in [4.69, 9.17) is 0 Å². The summed E-state index contributed by atoms with van der Waals surface area (Å²) in [4.78, 5) is 29.7. The molecule has 2 N–H and O–H groups in total. The normalized spacial score (nSPS) is 17.2. The second kappa shape index (κ2) is 15.5. The molecule has 0 radical (unpaired) electrons. The van der Waals surface area contributed by atoms with Crippen LogP contribution in [0, 0.1) is 11.7 Å². The maximum atomic E-state index is 13.0. The number of Topliss-reactive ketones (excluding diaryl/α,β-unsaturated/α-hetero) is 1. The number of amides is 1. The van der Waals surface area contributed by atoms with E-state index in [2.05, 4.69) is 28.5 Å². The van der Waals surface area contributed by atoms with Gasteiger partial charge in [0.25, 0.3) is 0 Å². The molecule has 0 saturated carbocycles. The number of H-pyrrole nitrogens is 1. The van der Waals surface area contributed by atoms with Crippen LogP contribution in [0.4, 0.5) is 4.39 Å². The minimum Gasteiger partial charge on any atom is -0.361 e. The summed E-state index contributed by atoms with van der Waals surface area (Å²) in [6.45, 7) is 7.24. The van der Waals surface area contributed by atoms with Crippen LogP contribution in [0.25, 0.3) is 10.9 Å². The third kappa shape index (κ3) is 9.27. The van der Waals surface area contributed by atoms with Crippen LogP contribution < -0.4 is 5.32 Å². The fourth-order valence-electron chi connectivity index (χ4n) is 3.87. The van der Waals surface area contributed by atoms with Crippen LogP contribution in [0.3, 0.4) is 0 Å². The number of benzene rings is 2. The van der Waals surface area contributed by atoms with Gasteiger partial charge in [-0.2, -0.15) is 0 Å². The molecule has 1 aromatic heterocycles. The molecule has 0 spiro atoms. The Morgan fingerprint density at radius 1 is 1.14 bits per heavy atom. The molecule has 1 aliphatic rings. The van der Waals surface area contributed by atoms with Gasteiger partial charge < -0.3 is 10.3 Å². The summed E-state index contributed by atoms with van der Waals surface area (Å²) in [6.07, 6.45) is 8.95. The topological polar surface area (TPSA) is 65.2 Å². The van der Waals surface area contributed by atoms with E-state index in [-0.39, 0.29) is 23.4 Å². The predicted molar refractivity (Wildman–Crippen MR) is 146 cm³/mol. The van der Waals surface area contributed by atoms with Gasteiger partial charge in [-0.25, -0.2) is 4.39 Å². The van der Waals surface area contributed by atoms with E-state index >= 15 is 0 Å². The quantitative estimate of drug-likeness (QED) is 0.457. The molecular weight excluding hydrogens is 453 g/mol. The number of nitrogens with one attached hydrogen (secondary N) is 2. The molecule has 1 unspecified atom stereocenters. The van der Waals surface area contributed by atoms with Crippen molar-refractivity contribution in [2.24, 2.45) is 5.92 Å². The fourth-order valence-corrected chi connectivity index (χ4v) is 3.87. The third-order valence-electron chi connectivity index (χ3n) is 5.63. The number of rotatable bonds is 5. The number of hydrogen-bond donors (Lipinski definition) is 2. The summed E-state index contributed by atoms with van der Waals surface area (Å²) in [5, 5.41) is 4.18. The van der Waals surface area contributed by atoms with Crippen molar-refractivity contribution in [3.8, 4) is 0 Å². The number of aromatic amines is 1. The lowest BCUT2D eigenvalue weighted by molar-refractivity contribution is -0.124. The standard InChI is InChI=1S/C20H25FN2O2.C8H7N.C2H6/c1-3-4-5-6-16-11-18(24)13-23(2)14-19(16)20(25)22-12-15-7-9-17(21)10-8-15;1-2-4-8-7(3-1)5-6-9-8;1-2/h4-10,19H,3,11-14H2,1-2H3,(H,22,25);1-6,9H;1-2H3/b5-4-,16-6+;;. The molecule has 3 aromatic rings. The van der Waals surface area contributed by atoms with Crippen molar-refractivity contribution in [3.05, 3.63) is 96.0 Å². The van der Waals surface area contributed by atoms with Crippen molar-refractivity contribution in [1.82, 2.24) is 15.2 Å². The summed E-state index contributed by atoms with van der Waals surface area (Å²) >= 11 is 0. The SMILES string of the molecule is CC.CC/C=C\C=C1/CC(=O)CN(C)CC1C(=O)NCc1ccc(F)cc1.c1ccc2[nH]ccc2c1. The Morgan fingerprint density at radius 3 is 2.56 bits per heavy atom. The Balaban J connectivity index is 0.000000341. The highest BCUT2D eigenvalue weighted by Gasteiger charge is 2.29. The number of hydrogen-bond acceptors (Lipinski definition) is 3. The van der Waals surface area contributed by atoms with E-state index in [9.17, 15) is 14.0 Å². The zero-order valence-electron chi connectivity index (χ0n) is 21.8. The monoisotopic (exact) mass is 491 g/mol. The van der Waals surface area contributed by atoms with E-state index in [0.29, 0.717) is 26.1 Å². The van der Waals surface area contributed by atoms with Crippen molar-refractivity contribution in [2.75, 3.05) is 20.1 Å². The van der Waals surface area contributed by atoms with Crippen molar-refractivity contribution >= 4 is 22.6 Å². The van der Waals surface area contributed by atoms with E-state index in [1.165, 1.54) is 23.0 Å². The number of likely N-dealkylation sites (tertiary alicyclic amines) is 1. The maximum Gasteiger partial charge on any atom is 0.228 e. The van der Waals surface area contributed by atoms with Crippen LogP contribution in [0.15, 0.2) is 84.6 Å². The number of para-hydroxylation sites is 1. The first-order chi connectivity index (χ1) is 17.5. The number of carbonyl (C=O) groups is 2. The number of fused-ring (bicyclic) bond motifs is 1. The third-order valence-corrected chi connectivity index (χ3v) is 5.63. The van der Waals surface area contributed by atoms with Gasteiger partial charge in [0.05, 0.1) is 12.5 Å². The molecule has 192 valence electrons. The van der Waals surface area contributed by atoms with Gasteiger partial charge in [0.2, 0.25) is 5.91 Å². The fraction of sp³-hybridized carbons (Fsp3) is 0.333. The van der Waals surface area contributed by atoms with Crippen molar-refractivity contribution < 1.29 is 14.0 Å². The lowest BCUT2D eigenvalue weighted by atomic mass is 9.94. The molecule has 1 amide bonds. The highest BCUT2D eigenvalue weighted by molar-refractivity contribution is 5.88. The molecular formula is C30H38FN3O2. The summed E-state index contributed by atoms with van der Waals surface area (Å²) in [5.41, 5.74) is 2.89. The van der Waals surface area contributed by atoms with Crippen LogP contribution in [0.1, 0.15) is 39.2 Å². The molecule has 2 aromatic carbocycles. The number of carbonyl (C=O) groups excluding carboxylic acids is 2. The average Bonchev–Trinajstić information content (AvgIpc) is 3.31. The first kappa shape index (κ1) is 28.7. The zero-order valence-corrected chi connectivity index (χ0v) is 21.8. The maximum absolute atomic E-state index is 13.0. The zero-order chi connectivity index (χ0) is 26.3. The van der Waals surface area contributed by atoms with Gasteiger partial charge in [0.15, 0.2) is 5.78 Å². The molecule has 5 nitrogen and oxygen atoms in total. The molecule has 1 aliphatic heterocycles. The molecule has 0 bridgehead atoms. The van der Waals surface area contributed by atoms with Crippen LogP contribution in [0.2, 0.25) is 0 Å². The minimum absolute atomic E-state index is 0.109. The van der Waals surface area contributed by atoms with Crippen LogP contribution in [-0.2, 0) is 16.1 Å². The minimum atomic E-state index is -0.363. The second-order valence-electron chi connectivity index (χ2n) is 8.45. The number of allylic oxidation sites excluding steroid dienone is 3. The van der Waals surface area contributed by atoms with Crippen LogP contribution >= 0.6 is 0 Å². The van der Waals surface area contributed by atoms with E-state index < -0.39 is 0 Å². The van der Waals surface area contributed by atoms with Gasteiger partial charge in [-0.15, -0.1) is 0 Å². The molecule has 6 heteroatoms. The van der Waals surface area contributed by atoms with Gasteiger partial charge in [-0.05, 0) is 54.3 Å². The molecule has 4 rings (SSSR count). The van der Waals surface area contributed by atoms with E-state index in [1.54, 1.807) is 12.1 Å². The second-order valence-corrected chi connectivity index (χ2v) is 8.45. The largest absolute Gasteiger partial charge is 0.361 e. The van der Waals surface area contributed by atoms with Gasteiger partial charge >= 0.3 is 0 Å². The summed E-state index contributed by atoms with van der Waals surface area (Å²) < 4.78 is 13.0. The Hall–Kier alpha value is -3.51. The Labute approximate surface area is 214 Å². The summed E-state index contributed by atoms with van der Waals surface area (Å²) in [5.74, 6) is -0.653. The van der Waals surface area contributed by atoms with E-state index in [1.807, 2.05) is 69.3 Å². The smallest absolute Gasteiger partial charge is 0.228 e. The number of nitrogens with zero attached hydrogens (tertiary/aromatic N) is 1. The Kier molecular flexibility index (Phi) is 12.4. The molecule has 2 heterocycles. The van der Waals surface area contributed by atoms with Crippen molar-refractivity contribution in [2.45, 2.75) is 40.2 Å².